The minimum atomic E-state index is -0.858. The molecule has 0 radical (unpaired) electrons. The van der Waals surface area contributed by atoms with Crippen molar-refractivity contribution >= 4 is 11.9 Å². The van der Waals surface area contributed by atoms with E-state index in [1.807, 2.05) is 13.8 Å². The third-order valence-corrected chi connectivity index (χ3v) is 2.88. The van der Waals surface area contributed by atoms with Crippen molar-refractivity contribution in [2.75, 3.05) is 19.6 Å². The number of carboxylic acid groups (broad SMARTS) is 1. The molecule has 1 fully saturated rings. The zero-order valence-electron chi connectivity index (χ0n) is 9.90. The first kappa shape index (κ1) is 13.0. The van der Waals surface area contributed by atoms with Crippen LogP contribution in [0.3, 0.4) is 0 Å². The first-order valence-electron chi connectivity index (χ1n) is 5.75. The van der Waals surface area contributed by atoms with Crippen molar-refractivity contribution in [1.29, 1.82) is 0 Å². The van der Waals surface area contributed by atoms with Crippen molar-refractivity contribution in [2.45, 2.75) is 32.7 Å². The van der Waals surface area contributed by atoms with Crippen LogP contribution in [-0.2, 0) is 9.59 Å². The Kier molecular flexibility index (Phi) is 4.73. The van der Waals surface area contributed by atoms with Crippen molar-refractivity contribution in [1.82, 2.24) is 10.2 Å². The predicted octanol–water partition coefficient (Wildman–Crippen LogP) is 0.308. The van der Waals surface area contributed by atoms with E-state index in [1.54, 1.807) is 4.90 Å². The minimum absolute atomic E-state index is 0.0179. The van der Waals surface area contributed by atoms with Crippen molar-refractivity contribution in [2.24, 2.45) is 5.92 Å². The molecule has 1 amide bonds. The van der Waals surface area contributed by atoms with Crippen LogP contribution in [0, 0.1) is 5.92 Å². The third-order valence-electron chi connectivity index (χ3n) is 2.88. The Labute approximate surface area is 95.8 Å². The number of hydrogen-bond donors (Lipinski definition) is 2. The zero-order valence-corrected chi connectivity index (χ0v) is 9.90. The summed E-state index contributed by atoms with van der Waals surface area (Å²) >= 11 is 0. The standard InChI is InChI=1S/C11H20N2O3/c1-8(2)13(6-4-10(14)15)11(16)9-3-5-12-7-9/h8-9,12H,3-7H2,1-2H3,(H,14,15). The molecule has 1 unspecified atom stereocenters. The topological polar surface area (TPSA) is 69.6 Å². The summed E-state index contributed by atoms with van der Waals surface area (Å²) in [5.41, 5.74) is 0. The zero-order chi connectivity index (χ0) is 12.1. The molecule has 5 heteroatoms. The minimum Gasteiger partial charge on any atom is -0.481 e. The van der Waals surface area contributed by atoms with Crippen LogP contribution in [-0.4, -0.2) is 47.6 Å². The van der Waals surface area contributed by atoms with Gasteiger partial charge in [0.25, 0.3) is 0 Å². The van der Waals surface area contributed by atoms with Gasteiger partial charge in [0.1, 0.15) is 0 Å². The lowest BCUT2D eigenvalue weighted by molar-refractivity contribution is -0.140. The molecule has 1 heterocycles. The normalized spacial score (nSPS) is 20.1. The number of nitrogens with one attached hydrogen (secondary N) is 1. The lowest BCUT2D eigenvalue weighted by atomic mass is 10.1. The van der Waals surface area contributed by atoms with Crippen LogP contribution in [0.4, 0.5) is 0 Å². The first-order valence-corrected chi connectivity index (χ1v) is 5.75. The summed E-state index contributed by atoms with van der Waals surface area (Å²) < 4.78 is 0. The maximum absolute atomic E-state index is 12.1. The second-order valence-electron chi connectivity index (χ2n) is 4.46. The molecule has 1 rings (SSSR count). The lowest BCUT2D eigenvalue weighted by Crippen LogP contribution is -2.42. The van der Waals surface area contributed by atoms with Crippen LogP contribution in [0.2, 0.25) is 0 Å². The molecule has 1 atom stereocenters. The van der Waals surface area contributed by atoms with Gasteiger partial charge in [0.05, 0.1) is 12.3 Å². The Hall–Kier alpha value is -1.10. The van der Waals surface area contributed by atoms with Crippen LogP contribution < -0.4 is 5.32 Å². The molecule has 1 saturated heterocycles. The number of carbonyl (C=O) groups excluding carboxylic acids is 1. The number of carboxylic acids is 1. The summed E-state index contributed by atoms with van der Waals surface area (Å²) in [6.45, 7) is 5.74. The predicted molar refractivity (Wildman–Crippen MR) is 60.1 cm³/mol. The number of hydrogen-bond acceptors (Lipinski definition) is 3. The van der Waals surface area contributed by atoms with Crippen molar-refractivity contribution in [3.05, 3.63) is 0 Å². The fraction of sp³-hybridized carbons (Fsp3) is 0.818. The molecule has 2 N–H and O–H groups in total. The largest absolute Gasteiger partial charge is 0.481 e. The Balaban J connectivity index is 2.54. The van der Waals surface area contributed by atoms with Crippen LogP contribution in [0.25, 0.3) is 0 Å². The quantitative estimate of drug-likeness (QED) is 0.710. The second kappa shape index (κ2) is 5.84. The number of aliphatic carboxylic acids is 1. The van der Waals surface area contributed by atoms with Gasteiger partial charge in [-0.2, -0.15) is 0 Å². The van der Waals surface area contributed by atoms with E-state index in [0.29, 0.717) is 6.54 Å². The van der Waals surface area contributed by atoms with E-state index in [1.165, 1.54) is 0 Å². The Bertz CT molecular complexity index is 260. The van der Waals surface area contributed by atoms with E-state index >= 15 is 0 Å². The molecule has 0 aromatic rings. The van der Waals surface area contributed by atoms with E-state index in [-0.39, 0.29) is 24.3 Å². The summed E-state index contributed by atoms with van der Waals surface area (Å²) in [7, 11) is 0. The van der Waals surface area contributed by atoms with E-state index in [4.69, 9.17) is 5.11 Å². The van der Waals surface area contributed by atoms with Crippen LogP contribution in [0.1, 0.15) is 26.7 Å². The first-order chi connectivity index (χ1) is 7.52. The highest BCUT2D eigenvalue weighted by Crippen LogP contribution is 2.14. The molecule has 0 spiro atoms. The van der Waals surface area contributed by atoms with E-state index in [2.05, 4.69) is 5.32 Å². The number of rotatable bonds is 5. The van der Waals surface area contributed by atoms with Gasteiger partial charge in [-0.3, -0.25) is 9.59 Å². The van der Waals surface area contributed by atoms with Gasteiger partial charge in [-0.15, -0.1) is 0 Å². The Morgan fingerprint density at radius 2 is 2.19 bits per heavy atom. The molecular weight excluding hydrogens is 208 g/mol. The van der Waals surface area contributed by atoms with Crippen LogP contribution >= 0.6 is 0 Å². The summed E-state index contributed by atoms with van der Waals surface area (Å²) in [5, 5.41) is 11.8. The molecule has 0 aromatic carbocycles. The molecular formula is C11H20N2O3. The van der Waals surface area contributed by atoms with Gasteiger partial charge in [-0.1, -0.05) is 0 Å². The number of carbonyl (C=O) groups is 2. The maximum Gasteiger partial charge on any atom is 0.305 e. The molecule has 16 heavy (non-hydrogen) atoms. The van der Waals surface area contributed by atoms with Crippen LogP contribution in [0.15, 0.2) is 0 Å². The Morgan fingerprint density at radius 3 is 2.62 bits per heavy atom. The smallest absolute Gasteiger partial charge is 0.305 e. The lowest BCUT2D eigenvalue weighted by Gasteiger charge is -2.28. The summed E-state index contributed by atoms with van der Waals surface area (Å²) in [6, 6.07) is 0.0625. The third kappa shape index (κ3) is 3.48. The van der Waals surface area contributed by atoms with Crippen molar-refractivity contribution in [3.63, 3.8) is 0 Å². The van der Waals surface area contributed by atoms with Gasteiger partial charge >= 0.3 is 5.97 Å². The van der Waals surface area contributed by atoms with E-state index < -0.39 is 5.97 Å². The van der Waals surface area contributed by atoms with Gasteiger partial charge in [-0.25, -0.2) is 0 Å². The summed E-state index contributed by atoms with van der Waals surface area (Å²) in [4.78, 5) is 24.3. The second-order valence-corrected chi connectivity index (χ2v) is 4.46. The maximum atomic E-state index is 12.1. The highest BCUT2D eigenvalue weighted by Gasteiger charge is 2.28. The molecule has 1 aliphatic heterocycles. The van der Waals surface area contributed by atoms with Gasteiger partial charge < -0.3 is 15.3 Å². The highest BCUT2D eigenvalue weighted by molar-refractivity contribution is 5.80. The van der Waals surface area contributed by atoms with Gasteiger partial charge in [0.15, 0.2) is 0 Å². The van der Waals surface area contributed by atoms with Gasteiger partial charge in [-0.05, 0) is 26.8 Å². The summed E-state index contributed by atoms with van der Waals surface area (Å²) in [5.74, 6) is -0.750. The molecule has 5 nitrogen and oxygen atoms in total. The average Bonchev–Trinajstić information content (AvgIpc) is 2.69. The molecule has 0 saturated carbocycles. The molecule has 1 aliphatic rings. The fourth-order valence-corrected chi connectivity index (χ4v) is 1.94. The van der Waals surface area contributed by atoms with E-state index in [9.17, 15) is 9.59 Å². The average molecular weight is 228 g/mol. The van der Waals surface area contributed by atoms with Crippen molar-refractivity contribution in [3.8, 4) is 0 Å². The van der Waals surface area contributed by atoms with Crippen molar-refractivity contribution < 1.29 is 14.7 Å². The van der Waals surface area contributed by atoms with Gasteiger partial charge in [0, 0.05) is 19.1 Å². The number of nitrogens with zero attached hydrogens (tertiary/aromatic N) is 1. The monoisotopic (exact) mass is 228 g/mol. The fourth-order valence-electron chi connectivity index (χ4n) is 1.94. The molecule has 0 aromatic heterocycles. The molecule has 92 valence electrons. The molecule has 0 bridgehead atoms. The Morgan fingerprint density at radius 1 is 1.50 bits per heavy atom. The van der Waals surface area contributed by atoms with Gasteiger partial charge in [0.2, 0.25) is 5.91 Å². The van der Waals surface area contributed by atoms with E-state index in [0.717, 1.165) is 19.5 Å². The highest BCUT2D eigenvalue weighted by atomic mass is 16.4. The molecule has 0 aliphatic carbocycles. The SMILES string of the molecule is CC(C)N(CCC(=O)O)C(=O)C1CCNC1. The van der Waals surface area contributed by atoms with Crippen LogP contribution in [0.5, 0.6) is 0 Å². The number of amides is 1. The summed E-state index contributed by atoms with van der Waals surface area (Å²) in [6.07, 6.45) is 0.874.